The van der Waals surface area contributed by atoms with Crippen molar-refractivity contribution in [2.24, 2.45) is 4.99 Å². The molecule has 2 nitrogen and oxygen atoms in total. The summed E-state index contributed by atoms with van der Waals surface area (Å²) in [5.41, 5.74) is 5.42. The molecule has 4 rings (SSSR count). The first kappa shape index (κ1) is 16.3. The van der Waals surface area contributed by atoms with Crippen molar-refractivity contribution in [3.05, 3.63) is 64.5 Å². The van der Waals surface area contributed by atoms with Gasteiger partial charge < -0.3 is 4.90 Å². The van der Waals surface area contributed by atoms with Crippen molar-refractivity contribution in [2.45, 2.75) is 51.0 Å². The van der Waals surface area contributed by atoms with Gasteiger partial charge in [-0.25, -0.2) is 9.38 Å². The highest BCUT2D eigenvalue weighted by atomic mass is 19.1. The van der Waals surface area contributed by atoms with Crippen LogP contribution in [0.3, 0.4) is 0 Å². The first-order valence-electron chi connectivity index (χ1n) is 9.18. The van der Waals surface area contributed by atoms with E-state index in [4.69, 9.17) is 0 Å². The van der Waals surface area contributed by atoms with Crippen molar-refractivity contribution in [3.8, 4) is 0 Å². The van der Waals surface area contributed by atoms with Crippen LogP contribution in [0.1, 0.15) is 60.8 Å². The van der Waals surface area contributed by atoms with Gasteiger partial charge in [-0.15, -0.1) is 0 Å². The van der Waals surface area contributed by atoms with Crippen molar-refractivity contribution in [3.63, 3.8) is 0 Å². The van der Waals surface area contributed by atoms with E-state index in [0.717, 1.165) is 16.8 Å². The Morgan fingerprint density at radius 3 is 2.56 bits per heavy atom. The Kier molecular flexibility index (Phi) is 3.90. The predicted octanol–water partition coefficient (Wildman–Crippen LogP) is 5.66. The van der Waals surface area contributed by atoms with E-state index in [1.165, 1.54) is 36.8 Å². The summed E-state index contributed by atoms with van der Waals surface area (Å²) in [5.74, 6) is 0.483. The van der Waals surface area contributed by atoms with Gasteiger partial charge >= 0.3 is 0 Å². The molecule has 3 heteroatoms. The van der Waals surface area contributed by atoms with E-state index in [0.29, 0.717) is 5.92 Å². The summed E-state index contributed by atoms with van der Waals surface area (Å²) in [5, 5.41) is 0. The number of fused-ring (bicyclic) bond motifs is 1. The van der Waals surface area contributed by atoms with E-state index in [2.05, 4.69) is 42.1 Å². The molecule has 0 bridgehead atoms. The molecule has 0 aromatic heterocycles. The van der Waals surface area contributed by atoms with Crippen LogP contribution in [0, 0.1) is 12.7 Å². The smallest absolute Gasteiger partial charge is 0.123 e. The van der Waals surface area contributed by atoms with Gasteiger partial charge in [0.15, 0.2) is 0 Å². The summed E-state index contributed by atoms with van der Waals surface area (Å²) < 4.78 is 13.7. The van der Waals surface area contributed by atoms with Crippen molar-refractivity contribution in [1.82, 2.24) is 4.90 Å². The monoisotopic (exact) mass is 336 g/mol. The second-order valence-electron chi connectivity index (χ2n) is 7.64. The Bertz CT molecular complexity index is 836. The molecule has 25 heavy (non-hydrogen) atoms. The molecule has 0 saturated heterocycles. The molecule has 0 radical (unpaired) electrons. The van der Waals surface area contributed by atoms with E-state index >= 15 is 0 Å². The highest BCUT2D eigenvalue weighted by Gasteiger charge is 2.38. The van der Waals surface area contributed by atoms with Gasteiger partial charge in [-0.1, -0.05) is 31.0 Å². The third kappa shape index (κ3) is 2.57. The molecule has 2 aromatic rings. The first-order chi connectivity index (χ1) is 12.0. The van der Waals surface area contributed by atoms with Crippen LogP contribution in [0.15, 0.2) is 41.4 Å². The average molecular weight is 336 g/mol. The van der Waals surface area contributed by atoms with Crippen LogP contribution in [0.4, 0.5) is 10.1 Å². The Labute approximate surface area is 149 Å². The SMILES string of the molecule is Cc1cc(F)ccc1C1(C)c2cc(C3CCCC3)ccc2N=CN1C. The lowest BCUT2D eigenvalue weighted by atomic mass is 9.78. The maximum atomic E-state index is 13.7. The van der Waals surface area contributed by atoms with E-state index in [1.54, 1.807) is 12.1 Å². The fourth-order valence-electron chi connectivity index (χ4n) is 4.53. The number of aryl methyl sites for hydroxylation is 1. The summed E-state index contributed by atoms with van der Waals surface area (Å²) in [6.45, 7) is 4.21. The molecule has 0 amide bonds. The van der Waals surface area contributed by atoms with Crippen molar-refractivity contribution in [2.75, 3.05) is 7.05 Å². The number of benzene rings is 2. The lowest BCUT2D eigenvalue weighted by molar-refractivity contribution is 0.290. The number of nitrogens with zero attached hydrogens (tertiary/aromatic N) is 2. The van der Waals surface area contributed by atoms with E-state index < -0.39 is 0 Å². The Morgan fingerprint density at radius 2 is 1.84 bits per heavy atom. The van der Waals surface area contributed by atoms with Crippen molar-refractivity contribution in [1.29, 1.82) is 0 Å². The van der Waals surface area contributed by atoms with Gasteiger partial charge in [0, 0.05) is 12.6 Å². The number of rotatable bonds is 2. The zero-order chi connectivity index (χ0) is 17.6. The quantitative estimate of drug-likeness (QED) is 0.691. The minimum Gasteiger partial charge on any atom is -0.352 e. The highest BCUT2D eigenvalue weighted by molar-refractivity contribution is 5.72. The fraction of sp³-hybridized carbons (Fsp3) is 0.409. The molecule has 130 valence electrons. The molecule has 1 atom stereocenters. The molecule has 1 saturated carbocycles. The second kappa shape index (κ2) is 5.98. The van der Waals surface area contributed by atoms with Gasteiger partial charge in [-0.2, -0.15) is 0 Å². The van der Waals surface area contributed by atoms with E-state index in [9.17, 15) is 4.39 Å². The molecule has 0 spiro atoms. The lowest BCUT2D eigenvalue weighted by Gasteiger charge is -2.43. The van der Waals surface area contributed by atoms with Crippen LogP contribution in [0.25, 0.3) is 0 Å². The van der Waals surface area contributed by atoms with Crippen LogP contribution in [0.5, 0.6) is 0 Å². The maximum absolute atomic E-state index is 13.7. The number of hydrogen-bond donors (Lipinski definition) is 0. The van der Waals surface area contributed by atoms with Gasteiger partial charge in [0.2, 0.25) is 0 Å². The molecule has 1 heterocycles. The lowest BCUT2D eigenvalue weighted by Crippen LogP contribution is -2.43. The molecule has 2 aromatic carbocycles. The molecule has 1 unspecified atom stereocenters. The maximum Gasteiger partial charge on any atom is 0.123 e. The summed E-state index contributed by atoms with van der Waals surface area (Å²) in [6, 6.07) is 11.9. The average Bonchev–Trinajstić information content (AvgIpc) is 3.12. The molecular formula is C22H25FN2. The van der Waals surface area contributed by atoms with Crippen molar-refractivity contribution < 1.29 is 4.39 Å². The minimum atomic E-state index is -0.344. The molecule has 1 fully saturated rings. The predicted molar refractivity (Wildman–Crippen MR) is 101 cm³/mol. The van der Waals surface area contributed by atoms with Crippen LogP contribution >= 0.6 is 0 Å². The third-order valence-corrected chi connectivity index (χ3v) is 6.16. The Hall–Kier alpha value is -2.16. The third-order valence-electron chi connectivity index (χ3n) is 6.16. The largest absolute Gasteiger partial charge is 0.352 e. The zero-order valence-electron chi connectivity index (χ0n) is 15.2. The normalized spacial score (nSPS) is 23.1. The highest BCUT2D eigenvalue weighted by Crippen LogP contribution is 2.45. The van der Waals surface area contributed by atoms with Gasteiger partial charge in [0.05, 0.1) is 17.6 Å². The molecule has 1 aliphatic carbocycles. The Balaban J connectivity index is 1.88. The number of hydrogen-bond acceptors (Lipinski definition) is 2. The van der Waals surface area contributed by atoms with Gasteiger partial charge in [-0.05, 0) is 67.5 Å². The van der Waals surface area contributed by atoms with Crippen LogP contribution < -0.4 is 0 Å². The summed E-state index contributed by atoms with van der Waals surface area (Å²) >= 11 is 0. The first-order valence-corrected chi connectivity index (χ1v) is 9.18. The summed E-state index contributed by atoms with van der Waals surface area (Å²) in [6.07, 6.45) is 7.11. The molecular weight excluding hydrogens is 311 g/mol. The number of halogens is 1. The van der Waals surface area contributed by atoms with Crippen molar-refractivity contribution >= 4 is 12.0 Å². The van der Waals surface area contributed by atoms with E-state index in [-0.39, 0.29) is 11.4 Å². The topological polar surface area (TPSA) is 15.6 Å². The van der Waals surface area contributed by atoms with Gasteiger partial charge in [0.25, 0.3) is 0 Å². The Morgan fingerprint density at radius 1 is 1.08 bits per heavy atom. The molecule has 1 aliphatic heterocycles. The second-order valence-corrected chi connectivity index (χ2v) is 7.64. The standard InChI is InChI=1S/C22H25FN2/c1-15-12-18(23)9-10-19(15)22(2)20-13-17(16-6-4-5-7-16)8-11-21(20)24-14-25(22)3/h8-14,16H,4-7H2,1-3H3. The summed E-state index contributed by atoms with van der Waals surface area (Å²) in [4.78, 5) is 6.78. The van der Waals surface area contributed by atoms with Crippen LogP contribution in [0.2, 0.25) is 0 Å². The zero-order valence-corrected chi connectivity index (χ0v) is 15.2. The summed E-state index contributed by atoms with van der Waals surface area (Å²) in [7, 11) is 2.05. The number of aliphatic imine (C=N–C) groups is 1. The minimum absolute atomic E-state index is 0.183. The van der Waals surface area contributed by atoms with Gasteiger partial charge in [-0.3, -0.25) is 0 Å². The van der Waals surface area contributed by atoms with Crippen LogP contribution in [-0.4, -0.2) is 18.3 Å². The van der Waals surface area contributed by atoms with E-state index in [1.807, 2.05) is 19.3 Å². The molecule has 2 aliphatic rings. The fourth-order valence-corrected chi connectivity index (χ4v) is 4.53. The molecule has 0 N–H and O–H groups in total. The van der Waals surface area contributed by atoms with Gasteiger partial charge in [0.1, 0.15) is 5.82 Å². The van der Waals surface area contributed by atoms with Crippen LogP contribution in [-0.2, 0) is 5.54 Å².